The Morgan fingerprint density at radius 2 is 2.05 bits per heavy atom. The number of aryl methyl sites for hydroxylation is 1. The Kier molecular flexibility index (Phi) is 3.71. The number of methoxy groups -OCH3 is 1. The Morgan fingerprint density at radius 3 is 2.74 bits per heavy atom. The van der Waals surface area contributed by atoms with E-state index in [2.05, 4.69) is 10.3 Å². The Hall–Kier alpha value is -1.68. The summed E-state index contributed by atoms with van der Waals surface area (Å²) >= 11 is 0. The van der Waals surface area contributed by atoms with Gasteiger partial charge in [0, 0.05) is 18.6 Å². The predicted molar refractivity (Wildman–Crippen MR) is 76.0 cm³/mol. The maximum absolute atomic E-state index is 13.3. The van der Waals surface area contributed by atoms with Gasteiger partial charge in [0.1, 0.15) is 11.6 Å². The van der Waals surface area contributed by atoms with Crippen molar-refractivity contribution in [1.82, 2.24) is 4.98 Å². The third kappa shape index (κ3) is 3.20. The third-order valence-corrected chi connectivity index (χ3v) is 2.95. The van der Waals surface area contributed by atoms with Crippen LogP contribution in [0.1, 0.15) is 19.4 Å². The van der Waals surface area contributed by atoms with Gasteiger partial charge in [-0.25, -0.2) is 9.37 Å². The highest BCUT2D eigenvalue weighted by Crippen LogP contribution is 2.23. The zero-order valence-corrected chi connectivity index (χ0v) is 11.7. The normalized spacial score (nSPS) is 11.8. The molecule has 1 N–H and O–H groups in total. The minimum atomic E-state index is -0.271. The van der Waals surface area contributed by atoms with Crippen LogP contribution in [0.3, 0.4) is 0 Å². The molecule has 0 spiro atoms. The summed E-state index contributed by atoms with van der Waals surface area (Å²) in [6.45, 7) is 6.62. The minimum Gasteiger partial charge on any atom is -0.382 e. The van der Waals surface area contributed by atoms with Crippen molar-refractivity contribution in [3.63, 3.8) is 0 Å². The molecule has 19 heavy (non-hydrogen) atoms. The van der Waals surface area contributed by atoms with Crippen LogP contribution in [0.5, 0.6) is 0 Å². The molecule has 0 saturated carbocycles. The molecule has 4 heteroatoms. The number of rotatable bonds is 4. The number of pyridine rings is 1. The van der Waals surface area contributed by atoms with Crippen LogP contribution in [0, 0.1) is 12.7 Å². The Labute approximate surface area is 112 Å². The van der Waals surface area contributed by atoms with Crippen molar-refractivity contribution in [2.24, 2.45) is 0 Å². The molecule has 102 valence electrons. The SMILES string of the molecule is COCC(C)(C)Nc1cc(C)c2ccc(F)cc2n1. The van der Waals surface area contributed by atoms with Gasteiger partial charge in [-0.3, -0.25) is 0 Å². The molecule has 2 aromatic rings. The molecule has 1 heterocycles. The van der Waals surface area contributed by atoms with Crippen molar-refractivity contribution < 1.29 is 9.13 Å². The Balaban J connectivity index is 2.40. The van der Waals surface area contributed by atoms with Crippen molar-refractivity contribution in [2.75, 3.05) is 19.0 Å². The van der Waals surface area contributed by atoms with Crippen molar-refractivity contribution in [3.8, 4) is 0 Å². The van der Waals surface area contributed by atoms with Gasteiger partial charge in [-0.05, 0) is 44.5 Å². The van der Waals surface area contributed by atoms with Crippen LogP contribution in [-0.4, -0.2) is 24.2 Å². The summed E-state index contributed by atoms with van der Waals surface area (Å²) in [5.41, 5.74) is 1.51. The number of hydrogen-bond donors (Lipinski definition) is 1. The number of nitrogens with one attached hydrogen (secondary N) is 1. The summed E-state index contributed by atoms with van der Waals surface area (Å²) < 4.78 is 18.4. The first kappa shape index (κ1) is 13.7. The molecule has 1 aromatic heterocycles. The number of ether oxygens (including phenoxy) is 1. The topological polar surface area (TPSA) is 34.1 Å². The molecule has 2 rings (SSSR count). The van der Waals surface area contributed by atoms with Crippen LogP contribution < -0.4 is 5.32 Å². The summed E-state index contributed by atoms with van der Waals surface area (Å²) in [4.78, 5) is 4.46. The van der Waals surface area contributed by atoms with E-state index in [0.29, 0.717) is 12.1 Å². The zero-order valence-electron chi connectivity index (χ0n) is 11.7. The number of fused-ring (bicyclic) bond motifs is 1. The van der Waals surface area contributed by atoms with Gasteiger partial charge >= 0.3 is 0 Å². The second-order valence-electron chi connectivity index (χ2n) is 5.43. The molecule has 0 radical (unpaired) electrons. The highest BCUT2D eigenvalue weighted by molar-refractivity contribution is 5.83. The molecule has 0 amide bonds. The highest BCUT2D eigenvalue weighted by atomic mass is 19.1. The monoisotopic (exact) mass is 262 g/mol. The first-order valence-electron chi connectivity index (χ1n) is 6.25. The number of hydrogen-bond acceptors (Lipinski definition) is 3. The van der Waals surface area contributed by atoms with E-state index in [9.17, 15) is 4.39 Å². The highest BCUT2D eigenvalue weighted by Gasteiger charge is 2.18. The number of benzene rings is 1. The number of anilines is 1. The van der Waals surface area contributed by atoms with Gasteiger partial charge in [0.05, 0.1) is 17.7 Å². The van der Waals surface area contributed by atoms with E-state index in [1.54, 1.807) is 13.2 Å². The van der Waals surface area contributed by atoms with E-state index < -0.39 is 0 Å². The maximum Gasteiger partial charge on any atom is 0.127 e. The number of aromatic nitrogens is 1. The lowest BCUT2D eigenvalue weighted by Gasteiger charge is -2.26. The molecule has 3 nitrogen and oxygen atoms in total. The fourth-order valence-corrected chi connectivity index (χ4v) is 2.18. The first-order chi connectivity index (χ1) is 8.91. The molecule has 0 aliphatic carbocycles. The van der Waals surface area contributed by atoms with E-state index in [4.69, 9.17) is 4.74 Å². The lowest BCUT2D eigenvalue weighted by molar-refractivity contribution is 0.158. The third-order valence-electron chi connectivity index (χ3n) is 2.95. The van der Waals surface area contributed by atoms with Crippen molar-refractivity contribution in [2.45, 2.75) is 26.3 Å². The number of halogens is 1. The molecule has 0 unspecified atom stereocenters. The molecule has 0 bridgehead atoms. The maximum atomic E-state index is 13.3. The summed E-state index contributed by atoms with van der Waals surface area (Å²) in [5, 5.41) is 4.28. The van der Waals surface area contributed by atoms with E-state index in [1.165, 1.54) is 12.1 Å². The van der Waals surface area contributed by atoms with Gasteiger partial charge < -0.3 is 10.1 Å². The minimum absolute atomic E-state index is 0.227. The Morgan fingerprint density at radius 1 is 1.32 bits per heavy atom. The Bertz CT molecular complexity index is 596. The lowest BCUT2D eigenvalue weighted by Crippen LogP contribution is -2.36. The van der Waals surface area contributed by atoms with Crippen LogP contribution in [0.15, 0.2) is 24.3 Å². The smallest absolute Gasteiger partial charge is 0.127 e. The molecular formula is C15H19FN2O. The van der Waals surface area contributed by atoms with Crippen LogP contribution in [-0.2, 0) is 4.74 Å². The number of nitrogens with zero attached hydrogens (tertiary/aromatic N) is 1. The average molecular weight is 262 g/mol. The first-order valence-corrected chi connectivity index (χ1v) is 6.25. The van der Waals surface area contributed by atoms with Gasteiger partial charge in [-0.1, -0.05) is 0 Å². The van der Waals surface area contributed by atoms with E-state index in [1.807, 2.05) is 26.8 Å². The zero-order chi connectivity index (χ0) is 14.0. The van der Waals surface area contributed by atoms with Crippen molar-refractivity contribution in [3.05, 3.63) is 35.6 Å². The molecule has 0 aliphatic heterocycles. The summed E-state index contributed by atoms with van der Waals surface area (Å²) in [6.07, 6.45) is 0. The molecular weight excluding hydrogens is 243 g/mol. The van der Waals surface area contributed by atoms with Crippen LogP contribution in [0.25, 0.3) is 10.9 Å². The second kappa shape index (κ2) is 5.13. The molecule has 0 aliphatic rings. The quantitative estimate of drug-likeness (QED) is 0.915. The average Bonchev–Trinajstić information content (AvgIpc) is 2.27. The predicted octanol–water partition coefficient (Wildman–Crippen LogP) is 3.52. The molecule has 1 aromatic carbocycles. The summed E-state index contributed by atoms with van der Waals surface area (Å²) in [5.74, 6) is 0.463. The lowest BCUT2D eigenvalue weighted by atomic mass is 10.1. The fraction of sp³-hybridized carbons (Fsp3) is 0.400. The van der Waals surface area contributed by atoms with Crippen LogP contribution >= 0.6 is 0 Å². The van der Waals surface area contributed by atoms with Crippen LogP contribution in [0.4, 0.5) is 10.2 Å². The van der Waals surface area contributed by atoms with E-state index in [0.717, 1.165) is 16.8 Å². The van der Waals surface area contributed by atoms with Crippen molar-refractivity contribution >= 4 is 16.7 Å². The molecule has 0 fully saturated rings. The summed E-state index contributed by atoms with van der Waals surface area (Å²) in [7, 11) is 1.66. The standard InChI is InChI=1S/C15H19FN2O/c1-10-7-14(18-15(2,3)9-19-4)17-13-8-11(16)5-6-12(10)13/h5-8H,9H2,1-4H3,(H,17,18). The largest absolute Gasteiger partial charge is 0.382 e. The molecule has 0 atom stereocenters. The van der Waals surface area contributed by atoms with Gasteiger partial charge in [0.2, 0.25) is 0 Å². The molecule has 0 saturated heterocycles. The summed E-state index contributed by atoms with van der Waals surface area (Å²) in [6, 6.07) is 6.64. The fourth-order valence-electron chi connectivity index (χ4n) is 2.18. The van der Waals surface area contributed by atoms with E-state index >= 15 is 0 Å². The van der Waals surface area contributed by atoms with Crippen LogP contribution in [0.2, 0.25) is 0 Å². The second-order valence-corrected chi connectivity index (χ2v) is 5.43. The van der Waals surface area contributed by atoms with Gasteiger partial charge in [-0.2, -0.15) is 0 Å². The van der Waals surface area contributed by atoms with Gasteiger partial charge in [-0.15, -0.1) is 0 Å². The van der Waals surface area contributed by atoms with Gasteiger partial charge in [0.15, 0.2) is 0 Å². The van der Waals surface area contributed by atoms with E-state index in [-0.39, 0.29) is 11.4 Å². The van der Waals surface area contributed by atoms with Crippen molar-refractivity contribution in [1.29, 1.82) is 0 Å². The van der Waals surface area contributed by atoms with Gasteiger partial charge in [0.25, 0.3) is 0 Å².